The van der Waals surface area contributed by atoms with Gasteiger partial charge in [0.1, 0.15) is 10.3 Å². The molecule has 0 bridgehead atoms. The van der Waals surface area contributed by atoms with Crippen molar-refractivity contribution in [2.75, 3.05) is 11.1 Å². The molecule has 136 valence electrons. The second kappa shape index (κ2) is 8.11. The summed E-state index contributed by atoms with van der Waals surface area (Å²) in [6, 6.07) is 10.4. The van der Waals surface area contributed by atoms with Crippen LogP contribution in [0.2, 0.25) is 10.3 Å². The third kappa shape index (κ3) is 4.99. The number of halogens is 2. The topological polar surface area (TPSA) is 107 Å². The van der Waals surface area contributed by atoms with Crippen LogP contribution >= 0.6 is 23.2 Å². The highest BCUT2D eigenvalue weighted by atomic mass is 35.5. The average Bonchev–Trinajstić information content (AvgIpc) is 2.61. The van der Waals surface area contributed by atoms with E-state index in [9.17, 15) is 4.79 Å². The van der Waals surface area contributed by atoms with Gasteiger partial charge in [-0.15, -0.1) is 0 Å². The molecule has 4 aromatic heterocycles. The Morgan fingerprint density at radius 3 is 2.04 bits per heavy atom. The van der Waals surface area contributed by atoms with Crippen molar-refractivity contribution in [2.24, 2.45) is 0 Å². The summed E-state index contributed by atoms with van der Waals surface area (Å²) in [4.78, 5) is 27.2. The lowest BCUT2D eigenvalue weighted by Crippen LogP contribution is -2.05. The van der Waals surface area contributed by atoms with Crippen LogP contribution in [0.15, 0.2) is 48.8 Å². The first-order valence-electron chi connectivity index (χ1n) is 7.78. The summed E-state index contributed by atoms with van der Waals surface area (Å²) in [6.45, 7) is 1.44. The average molecular weight is 401 g/mol. The molecule has 0 aromatic carbocycles. The Hall–Kier alpha value is -3.03. The molecule has 27 heavy (non-hydrogen) atoms. The Balaban J connectivity index is 0.000000159. The fraction of sp³-hybridized carbons (Fsp3) is 0.0556. The molecular formula is C18H14Cl2N6O. The van der Waals surface area contributed by atoms with Crippen molar-refractivity contribution in [1.82, 2.24) is 19.9 Å². The standard InChI is InChI=1S/C10H8ClN3O.C8H6ClN3/c1-6(15)13-7-4-9-8(12-5-7)2-3-10(11)14-9;9-8-2-1-6-7(12-8)3-5(10)4-11-6/h2-5H,1H3,(H,13,15);1-4H,10H2. The van der Waals surface area contributed by atoms with Crippen LogP contribution in [-0.4, -0.2) is 25.8 Å². The molecule has 0 saturated heterocycles. The molecule has 0 spiro atoms. The summed E-state index contributed by atoms with van der Waals surface area (Å²) in [5.74, 6) is -0.141. The monoisotopic (exact) mass is 400 g/mol. The van der Waals surface area contributed by atoms with Gasteiger partial charge in [-0.2, -0.15) is 0 Å². The van der Waals surface area contributed by atoms with E-state index >= 15 is 0 Å². The molecule has 4 aromatic rings. The molecule has 9 heteroatoms. The number of nitrogens with two attached hydrogens (primary N) is 1. The highest BCUT2D eigenvalue weighted by Crippen LogP contribution is 2.17. The molecule has 0 aliphatic carbocycles. The summed E-state index contributed by atoms with van der Waals surface area (Å²) in [7, 11) is 0. The fourth-order valence-corrected chi connectivity index (χ4v) is 2.56. The van der Waals surface area contributed by atoms with Crippen molar-refractivity contribution >= 4 is 62.6 Å². The Morgan fingerprint density at radius 1 is 0.889 bits per heavy atom. The van der Waals surface area contributed by atoms with Crippen LogP contribution in [0.1, 0.15) is 6.92 Å². The van der Waals surface area contributed by atoms with Crippen LogP contribution in [-0.2, 0) is 4.79 Å². The van der Waals surface area contributed by atoms with Crippen molar-refractivity contribution in [3.8, 4) is 0 Å². The summed E-state index contributed by atoms with van der Waals surface area (Å²) >= 11 is 11.4. The van der Waals surface area contributed by atoms with Gasteiger partial charge in [0, 0.05) is 6.92 Å². The zero-order valence-corrected chi connectivity index (χ0v) is 15.7. The van der Waals surface area contributed by atoms with Crippen LogP contribution in [0.3, 0.4) is 0 Å². The quantitative estimate of drug-likeness (QED) is 0.465. The minimum Gasteiger partial charge on any atom is -0.397 e. The number of aromatic nitrogens is 4. The van der Waals surface area contributed by atoms with E-state index in [-0.39, 0.29) is 5.91 Å². The van der Waals surface area contributed by atoms with Gasteiger partial charge in [-0.1, -0.05) is 23.2 Å². The lowest BCUT2D eigenvalue weighted by Gasteiger charge is -2.02. The molecule has 4 rings (SSSR count). The Bertz CT molecular complexity index is 1100. The number of fused-ring (bicyclic) bond motifs is 2. The molecule has 4 heterocycles. The van der Waals surface area contributed by atoms with Crippen LogP contribution in [0.25, 0.3) is 22.1 Å². The van der Waals surface area contributed by atoms with Gasteiger partial charge in [-0.3, -0.25) is 14.8 Å². The molecule has 0 saturated carbocycles. The largest absolute Gasteiger partial charge is 0.397 e. The van der Waals surface area contributed by atoms with E-state index in [1.54, 1.807) is 42.7 Å². The van der Waals surface area contributed by atoms with Gasteiger partial charge in [-0.25, -0.2) is 9.97 Å². The van der Waals surface area contributed by atoms with Gasteiger partial charge in [-0.05, 0) is 36.4 Å². The van der Waals surface area contributed by atoms with Crippen molar-refractivity contribution in [3.05, 3.63) is 59.1 Å². The molecule has 0 fully saturated rings. The van der Waals surface area contributed by atoms with Crippen molar-refractivity contribution < 1.29 is 4.79 Å². The lowest BCUT2D eigenvalue weighted by molar-refractivity contribution is -0.114. The zero-order chi connectivity index (χ0) is 19.4. The van der Waals surface area contributed by atoms with Crippen LogP contribution in [0.4, 0.5) is 11.4 Å². The minimum atomic E-state index is -0.141. The maximum Gasteiger partial charge on any atom is 0.221 e. The highest BCUT2D eigenvalue weighted by Gasteiger charge is 2.01. The molecule has 0 aliphatic rings. The number of amides is 1. The maximum atomic E-state index is 10.8. The Kier molecular flexibility index (Phi) is 5.63. The predicted octanol–water partition coefficient (Wildman–Crippen LogP) is 4.11. The second-order valence-electron chi connectivity index (χ2n) is 5.52. The Morgan fingerprint density at radius 2 is 1.44 bits per heavy atom. The number of anilines is 2. The van der Waals surface area contributed by atoms with E-state index in [1.807, 2.05) is 6.07 Å². The van der Waals surface area contributed by atoms with E-state index in [0.29, 0.717) is 27.2 Å². The first-order chi connectivity index (χ1) is 12.9. The van der Waals surface area contributed by atoms with Crippen LogP contribution in [0.5, 0.6) is 0 Å². The third-order valence-corrected chi connectivity index (χ3v) is 3.77. The van der Waals surface area contributed by atoms with Crippen LogP contribution < -0.4 is 11.1 Å². The van der Waals surface area contributed by atoms with Crippen molar-refractivity contribution in [3.63, 3.8) is 0 Å². The first kappa shape index (κ1) is 18.8. The molecule has 0 atom stereocenters. The summed E-state index contributed by atoms with van der Waals surface area (Å²) in [6.07, 6.45) is 3.18. The summed E-state index contributed by atoms with van der Waals surface area (Å²) in [5.41, 5.74) is 9.67. The van der Waals surface area contributed by atoms with Crippen molar-refractivity contribution in [2.45, 2.75) is 6.92 Å². The molecule has 0 aliphatic heterocycles. The Labute approximate surface area is 164 Å². The van der Waals surface area contributed by atoms with Gasteiger partial charge >= 0.3 is 0 Å². The number of carbonyl (C=O) groups excluding carboxylic acids is 1. The molecule has 0 unspecified atom stereocenters. The first-order valence-corrected chi connectivity index (χ1v) is 8.54. The number of hydrogen-bond donors (Lipinski definition) is 2. The number of nitrogens with zero attached hydrogens (tertiary/aromatic N) is 4. The fourth-order valence-electron chi connectivity index (χ4n) is 2.25. The maximum absolute atomic E-state index is 10.8. The van der Waals surface area contributed by atoms with E-state index in [0.717, 1.165) is 16.6 Å². The van der Waals surface area contributed by atoms with Gasteiger partial charge < -0.3 is 11.1 Å². The van der Waals surface area contributed by atoms with E-state index < -0.39 is 0 Å². The minimum absolute atomic E-state index is 0.141. The second-order valence-corrected chi connectivity index (χ2v) is 6.29. The van der Waals surface area contributed by atoms with Crippen molar-refractivity contribution in [1.29, 1.82) is 0 Å². The lowest BCUT2D eigenvalue weighted by atomic mass is 10.3. The predicted molar refractivity (Wildman–Crippen MR) is 108 cm³/mol. The SMILES string of the molecule is CC(=O)Nc1cnc2ccc(Cl)nc2c1.Nc1cnc2ccc(Cl)nc2c1. The number of nitrogens with one attached hydrogen (secondary N) is 1. The number of nitrogen functional groups attached to an aromatic ring is 1. The number of rotatable bonds is 1. The van der Waals surface area contributed by atoms with E-state index in [1.165, 1.54) is 6.92 Å². The molecule has 7 nitrogen and oxygen atoms in total. The molecule has 3 N–H and O–H groups in total. The molecule has 1 amide bonds. The number of pyridine rings is 4. The molecular weight excluding hydrogens is 387 g/mol. The third-order valence-electron chi connectivity index (χ3n) is 3.35. The molecule has 0 radical (unpaired) electrons. The van der Waals surface area contributed by atoms with E-state index in [2.05, 4.69) is 25.3 Å². The van der Waals surface area contributed by atoms with Gasteiger partial charge in [0.2, 0.25) is 5.91 Å². The van der Waals surface area contributed by atoms with Crippen LogP contribution in [0, 0.1) is 0 Å². The normalized spacial score (nSPS) is 10.3. The van der Waals surface area contributed by atoms with Gasteiger partial charge in [0.25, 0.3) is 0 Å². The summed E-state index contributed by atoms with van der Waals surface area (Å²) in [5, 5.41) is 3.49. The number of carbonyl (C=O) groups is 1. The smallest absolute Gasteiger partial charge is 0.221 e. The zero-order valence-electron chi connectivity index (χ0n) is 14.1. The summed E-state index contributed by atoms with van der Waals surface area (Å²) < 4.78 is 0. The van der Waals surface area contributed by atoms with E-state index in [4.69, 9.17) is 28.9 Å². The number of hydrogen-bond acceptors (Lipinski definition) is 6. The highest BCUT2D eigenvalue weighted by molar-refractivity contribution is 6.30. The van der Waals surface area contributed by atoms with Gasteiger partial charge in [0.05, 0.1) is 45.8 Å². The van der Waals surface area contributed by atoms with Gasteiger partial charge in [0.15, 0.2) is 0 Å².